The van der Waals surface area contributed by atoms with E-state index in [1.54, 1.807) is 0 Å². The molecule has 130 valence electrons. The number of nitrogens with one attached hydrogen (secondary N) is 2. The Bertz CT molecular complexity index is 494. The van der Waals surface area contributed by atoms with Gasteiger partial charge in [-0.1, -0.05) is 32.0 Å². The van der Waals surface area contributed by atoms with Crippen molar-refractivity contribution < 1.29 is 9.53 Å². The molecular weight excluding hydrogens is 312 g/mol. The van der Waals surface area contributed by atoms with Crippen molar-refractivity contribution in [3.8, 4) is 5.75 Å². The molecule has 2 rings (SSSR count). The van der Waals surface area contributed by atoms with Crippen LogP contribution < -0.4 is 15.4 Å². The first-order valence-electron chi connectivity index (χ1n) is 8.28. The van der Waals surface area contributed by atoms with Crippen LogP contribution in [0.25, 0.3) is 0 Å². The summed E-state index contributed by atoms with van der Waals surface area (Å²) in [6.45, 7) is 8.54. The fourth-order valence-corrected chi connectivity index (χ4v) is 2.74. The maximum absolute atomic E-state index is 12.3. The molecule has 1 heterocycles. The lowest BCUT2D eigenvalue weighted by Crippen LogP contribution is -2.42. The number of halogens is 1. The van der Waals surface area contributed by atoms with Crippen LogP contribution in [0.3, 0.4) is 0 Å². The van der Waals surface area contributed by atoms with Crippen molar-refractivity contribution in [3.63, 3.8) is 0 Å². The number of hydrogen-bond donors (Lipinski definition) is 2. The Morgan fingerprint density at radius 2 is 2.13 bits per heavy atom. The van der Waals surface area contributed by atoms with Gasteiger partial charge in [0.05, 0.1) is 6.61 Å². The summed E-state index contributed by atoms with van der Waals surface area (Å²) >= 11 is 0. The molecule has 1 aliphatic heterocycles. The average molecular weight is 341 g/mol. The number of piperidine rings is 1. The van der Waals surface area contributed by atoms with Crippen LogP contribution in [0.15, 0.2) is 24.3 Å². The fraction of sp³-hybridized carbons (Fsp3) is 0.611. The van der Waals surface area contributed by atoms with Gasteiger partial charge >= 0.3 is 0 Å². The molecule has 5 heteroatoms. The minimum Gasteiger partial charge on any atom is -0.493 e. The summed E-state index contributed by atoms with van der Waals surface area (Å²) in [6, 6.07) is 8.36. The van der Waals surface area contributed by atoms with Gasteiger partial charge in [0.25, 0.3) is 0 Å². The van der Waals surface area contributed by atoms with Crippen molar-refractivity contribution in [3.05, 3.63) is 29.8 Å². The third kappa shape index (κ3) is 6.40. The lowest BCUT2D eigenvalue weighted by Gasteiger charge is -2.27. The first-order valence-corrected chi connectivity index (χ1v) is 8.28. The third-order valence-electron chi connectivity index (χ3n) is 3.99. The second-order valence-corrected chi connectivity index (χ2v) is 6.61. The van der Waals surface area contributed by atoms with E-state index in [-0.39, 0.29) is 24.2 Å². The van der Waals surface area contributed by atoms with Gasteiger partial charge in [-0.05, 0) is 38.3 Å². The predicted octanol–water partition coefficient (Wildman–Crippen LogP) is 3.15. The summed E-state index contributed by atoms with van der Waals surface area (Å²) in [6.07, 6.45) is 1.83. The molecule has 1 fully saturated rings. The van der Waals surface area contributed by atoms with Crippen molar-refractivity contribution in [1.82, 2.24) is 10.6 Å². The van der Waals surface area contributed by atoms with Crippen molar-refractivity contribution in [2.45, 2.75) is 46.2 Å². The van der Waals surface area contributed by atoms with E-state index in [1.807, 2.05) is 24.3 Å². The quantitative estimate of drug-likeness (QED) is 0.836. The van der Waals surface area contributed by atoms with Gasteiger partial charge in [0.2, 0.25) is 5.91 Å². The molecule has 0 aromatic heterocycles. The van der Waals surface area contributed by atoms with E-state index >= 15 is 0 Å². The maximum atomic E-state index is 12.3. The number of carbonyl (C=O) groups is 1. The van der Waals surface area contributed by atoms with Crippen LogP contribution in [0.1, 0.15) is 39.2 Å². The standard InChI is InChI=1S/C18H28N2O2.ClH/c1-13(2)12-22-17-7-5-4-6-16(17)11-20-18(21)15-8-9-19-14(3)10-15;/h4-7,13-15,19H,8-12H2,1-3H3,(H,20,21);1H/t14-,15-;/m0./s1. The highest BCUT2D eigenvalue weighted by Gasteiger charge is 2.24. The van der Waals surface area contributed by atoms with Crippen molar-refractivity contribution in [1.29, 1.82) is 0 Å². The molecule has 0 saturated carbocycles. The normalized spacial score (nSPS) is 20.7. The Morgan fingerprint density at radius 1 is 1.39 bits per heavy atom. The summed E-state index contributed by atoms with van der Waals surface area (Å²) in [4.78, 5) is 12.3. The maximum Gasteiger partial charge on any atom is 0.223 e. The van der Waals surface area contributed by atoms with Gasteiger partial charge in [-0.3, -0.25) is 4.79 Å². The third-order valence-corrected chi connectivity index (χ3v) is 3.99. The fourth-order valence-electron chi connectivity index (χ4n) is 2.74. The molecule has 0 bridgehead atoms. The molecule has 1 aliphatic rings. The van der Waals surface area contributed by atoms with E-state index in [0.29, 0.717) is 25.1 Å². The molecule has 4 nitrogen and oxygen atoms in total. The molecule has 1 saturated heterocycles. The van der Waals surface area contributed by atoms with Crippen molar-refractivity contribution >= 4 is 18.3 Å². The van der Waals surface area contributed by atoms with Gasteiger partial charge in [0.1, 0.15) is 5.75 Å². The van der Waals surface area contributed by atoms with Crippen LogP contribution >= 0.6 is 12.4 Å². The van der Waals surface area contributed by atoms with Crippen LogP contribution in [-0.2, 0) is 11.3 Å². The lowest BCUT2D eigenvalue weighted by atomic mass is 9.92. The molecule has 0 radical (unpaired) electrons. The Labute approximate surface area is 145 Å². The van der Waals surface area contributed by atoms with Crippen molar-refractivity contribution in [2.24, 2.45) is 11.8 Å². The number of rotatable bonds is 6. The minimum absolute atomic E-state index is 0. The molecule has 0 spiro atoms. The number of carbonyl (C=O) groups excluding carboxylic acids is 1. The SMILES string of the molecule is CC(C)COc1ccccc1CNC(=O)[C@H]1CCN[C@@H](C)C1.Cl. The molecule has 23 heavy (non-hydrogen) atoms. The van der Waals surface area contributed by atoms with Gasteiger partial charge < -0.3 is 15.4 Å². The van der Waals surface area contributed by atoms with E-state index in [9.17, 15) is 4.79 Å². The Kier molecular flexibility index (Phi) is 8.42. The lowest BCUT2D eigenvalue weighted by molar-refractivity contribution is -0.126. The van der Waals surface area contributed by atoms with Crippen molar-refractivity contribution in [2.75, 3.05) is 13.2 Å². The zero-order chi connectivity index (χ0) is 15.9. The van der Waals surface area contributed by atoms with Gasteiger partial charge in [0.15, 0.2) is 0 Å². The average Bonchev–Trinajstić information content (AvgIpc) is 2.51. The van der Waals surface area contributed by atoms with Crippen LogP contribution in [-0.4, -0.2) is 25.1 Å². The summed E-state index contributed by atoms with van der Waals surface area (Å²) in [5.74, 6) is 1.64. The molecule has 0 unspecified atom stereocenters. The van der Waals surface area contributed by atoms with Gasteiger partial charge in [0, 0.05) is 24.1 Å². The second-order valence-electron chi connectivity index (χ2n) is 6.61. The monoisotopic (exact) mass is 340 g/mol. The van der Waals surface area contributed by atoms with Crippen LogP contribution in [0.2, 0.25) is 0 Å². The largest absolute Gasteiger partial charge is 0.493 e. The van der Waals surface area contributed by atoms with Crippen LogP contribution in [0.4, 0.5) is 0 Å². The molecule has 2 atom stereocenters. The Morgan fingerprint density at radius 3 is 2.83 bits per heavy atom. The Hall–Kier alpha value is -1.26. The molecule has 2 N–H and O–H groups in total. The molecular formula is C18H29ClN2O2. The van der Waals surface area contributed by atoms with E-state index in [1.165, 1.54) is 0 Å². The van der Waals surface area contributed by atoms with Gasteiger partial charge in [-0.25, -0.2) is 0 Å². The molecule has 1 aromatic carbocycles. The number of hydrogen-bond acceptors (Lipinski definition) is 3. The zero-order valence-corrected chi connectivity index (χ0v) is 15.1. The molecule has 1 amide bonds. The minimum atomic E-state index is 0. The summed E-state index contributed by atoms with van der Waals surface area (Å²) in [5.41, 5.74) is 1.04. The van der Waals surface area contributed by atoms with E-state index in [4.69, 9.17) is 4.74 Å². The topological polar surface area (TPSA) is 50.4 Å². The molecule has 1 aromatic rings. The number of amides is 1. The highest BCUT2D eigenvalue weighted by molar-refractivity contribution is 5.85. The van der Waals surface area contributed by atoms with E-state index in [2.05, 4.69) is 31.4 Å². The summed E-state index contributed by atoms with van der Waals surface area (Å²) in [5, 5.41) is 6.45. The zero-order valence-electron chi connectivity index (χ0n) is 14.3. The van der Waals surface area contributed by atoms with E-state index < -0.39 is 0 Å². The number of para-hydroxylation sites is 1. The molecule has 0 aliphatic carbocycles. The van der Waals surface area contributed by atoms with Crippen LogP contribution in [0.5, 0.6) is 5.75 Å². The second kappa shape index (κ2) is 9.78. The highest BCUT2D eigenvalue weighted by Crippen LogP contribution is 2.20. The van der Waals surface area contributed by atoms with Gasteiger partial charge in [-0.15, -0.1) is 12.4 Å². The first-order chi connectivity index (χ1) is 10.6. The summed E-state index contributed by atoms with van der Waals surface area (Å²) in [7, 11) is 0. The number of ether oxygens (including phenoxy) is 1. The summed E-state index contributed by atoms with van der Waals surface area (Å²) < 4.78 is 5.83. The van der Waals surface area contributed by atoms with Crippen LogP contribution in [0, 0.1) is 11.8 Å². The Balaban J connectivity index is 0.00000264. The smallest absolute Gasteiger partial charge is 0.223 e. The predicted molar refractivity (Wildman–Crippen MR) is 96.1 cm³/mol. The number of benzene rings is 1. The highest BCUT2D eigenvalue weighted by atomic mass is 35.5. The first kappa shape index (κ1) is 19.8. The van der Waals surface area contributed by atoms with E-state index in [0.717, 1.165) is 30.7 Å². The van der Waals surface area contributed by atoms with Gasteiger partial charge in [-0.2, -0.15) is 0 Å².